The Labute approximate surface area is 130 Å². The quantitative estimate of drug-likeness (QED) is 0.620. The SMILES string of the molecule is O=C(O)C1CCC(CNc2cc(Br)ccc2[N+](=O)[O-])CC1. The predicted octanol–water partition coefficient (Wildman–Crippen LogP) is 3.66. The van der Waals surface area contributed by atoms with Gasteiger partial charge in [-0.1, -0.05) is 15.9 Å². The van der Waals surface area contributed by atoms with Crippen LogP contribution in [-0.4, -0.2) is 22.5 Å². The number of carbonyl (C=O) groups is 1. The van der Waals surface area contributed by atoms with E-state index in [4.69, 9.17) is 5.11 Å². The summed E-state index contributed by atoms with van der Waals surface area (Å²) in [6, 6.07) is 4.80. The zero-order chi connectivity index (χ0) is 15.4. The molecule has 0 spiro atoms. The van der Waals surface area contributed by atoms with Crippen LogP contribution < -0.4 is 5.32 Å². The fourth-order valence-corrected chi connectivity index (χ4v) is 3.04. The number of nitrogens with one attached hydrogen (secondary N) is 1. The predicted molar refractivity (Wildman–Crippen MR) is 82.4 cm³/mol. The Morgan fingerprint density at radius 1 is 1.38 bits per heavy atom. The van der Waals surface area contributed by atoms with Gasteiger partial charge in [0.25, 0.3) is 5.69 Å². The number of hydrogen-bond donors (Lipinski definition) is 2. The highest BCUT2D eigenvalue weighted by molar-refractivity contribution is 9.10. The molecular weight excluding hydrogens is 340 g/mol. The Bertz CT molecular complexity index is 542. The summed E-state index contributed by atoms with van der Waals surface area (Å²) in [5.74, 6) is -0.593. The van der Waals surface area contributed by atoms with Crippen molar-refractivity contribution in [2.75, 3.05) is 11.9 Å². The lowest BCUT2D eigenvalue weighted by Gasteiger charge is -2.26. The molecule has 1 aromatic carbocycles. The molecule has 1 aromatic rings. The number of carboxylic acids is 1. The summed E-state index contributed by atoms with van der Waals surface area (Å²) in [5, 5.41) is 23.1. The molecule has 2 N–H and O–H groups in total. The Morgan fingerprint density at radius 2 is 2.05 bits per heavy atom. The van der Waals surface area contributed by atoms with Crippen LogP contribution >= 0.6 is 15.9 Å². The van der Waals surface area contributed by atoms with E-state index in [9.17, 15) is 14.9 Å². The van der Waals surface area contributed by atoms with Gasteiger partial charge in [0, 0.05) is 17.1 Å². The van der Waals surface area contributed by atoms with Gasteiger partial charge in [0.15, 0.2) is 0 Å². The van der Waals surface area contributed by atoms with Crippen molar-refractivity contribution in [1.29, 1.82) is 0 Å². The minimum Gasteiger partial charge on any atom is -0.481 e. The van der Waals surface area contributed by atoms with E-state index in [1.165, 1.54) is 6.07 Å². The number of nitro groups is 1. The second-order valence-electron chi connectivity index (χ2n) is 5.36. The molecule has 0 unspecified atom stereocenters. The molecule has 0 aromatic heterocycles. The zero-order valence-electron chi connectivity index (χ0n) is 11.4. The molecule has 6 nitrogen and oxygen atoms in total. The van der Waals surface area contributed by atoms with Gasteiger partial charge >= 0.3 is 5.97 Å². The van der Waals surface area contributed by atoms with Crippen LogP contribution in [0.1, 0.15) is 25.7 Å². The first-order valence-corrected chi connectivity index (χ1v) is 7.67. The Kier molecular flexibility index (Phi) is 5.17. The number of anilines is 1. The van der Waals surface area contributed by atoms with E-state index in [1.54, 1.807) is 12.1 Å². The van der Waals surface area contributed by atoms with Crippen LogP contribution in [0.2, 0.25) is 0 Å². The molecule has 0 radical (unpaired) electrons. The van der Waals surface area contributed by atoms with Gasteiger partial charge in [-0.3, -0.25) is 14.9 Å². The van der Waals surface area contributed by atoms with Gasteiger partial charge in [-0.25, -0.2) is 0 Å². The minimum atomic E-state index is -0.718. The van der Waals surface area contributed by atoms with Crippen molar-refractivity contribution < 1.29 is 14.8 Å². The number of benzene rings is 1. The molecule has 1 saturated carbocycles. The van der Waals surface area contributed by atoms with Crippen LogP contribution in [0.25, 0.3) is 0 Å². The average Bonchev–Trinajstić information content (AvgIpc) is 2.45. The first-order valence-electron chi connectivity index (χ1n) is 6.88. The van der Waals surface area contributed by atoms with Crippen molar-refractivity contribution in [3.05, 3.63) is 32.8 Å². The fraction of sp³-hybridized carbons (Fsp3) is 0.500. The second kappa shape index (κ2) is 6.89. The lowest BCUT2D eigenvalue weighted by Crippen LogP contribution is -2.25. The number of aliphatic carboxylic acids is 1. The summed E-state index contributed by atoms with van der Waals surface area (Å²) in [6.45, 7) is 0.629. The largest absolute Gasteiger partial charge is 0.481 e. The molecule has 21 heavy (non-hydrogen) atoms. The van der Waals surface area contributed by atoms with Gasteiger partial charge in [0.1, 0.15) is 5.69 Å². The number of carboxylic acid groups (broad SMARTS) is 1. The summed E-state index contributed by atoms with van der Waals surface area (Å²) in [5.41, 5.74) is 0.548. The maximum Gasteiger partial charge on any atom is 0.306 e. The van der Waals surface area contributed by atoms with Gasteiger partial charge in [-0.05, 0) is 43.7 Å². The van der Waals surface area contributed by atoms with E-state index in [2.05, 4.69) is 21.2 Å². The van der Waals surface area contributed by atoms with Crippen LogP contribution in [0.3, 0.4) is 0 Å². The van der Waals surface area contributed by atoms with E-state index >= 15 is 0 Å². The molecular formula is C14H17BrN2O4. The summed E-state index contributed by atoms with van der Waals surface area (Å²) >= 11 is 3.31. The van der Waals surface area contributed by atoms with Crippen LogP contribution in [0.15, 0.2) is 22.7 Å². The lowest BCUT2D eigenvalue weighted by molar-refractivity contribution is -0.384. The van der Waals surface area contributed by atoms with E-state index in [1.807, 2.05) is 0 Å². The first kappa shape index (κ1) is 15.8. The minimum absolute atomic E-state index is 0.0532. The molecule has 114 valence electrons. The Morgan fingerprint density at radius 3 is 2.62 bits per heavy atom. The average molecular weight is 357 g/mol. The molecule has 0 amide bonds. The maximum atomic E-state index is 11.0. The monoisotopic (exact) mass is 356 g/mol. The zero-order valence-corrected chi connectivity index (χ0v) is 13.0. The van der Waals surface area contributed by atoms with Gasteiger partial charge in [-0.15, -0.1) is 0 Å². The van der Waals surface area contributed by atoms with Crippen molar-refractivity contribution in [3.8, 4) is 0 Å². The highest BCUT2D eigenvalue weighted by Gasteiger charge is 2.26. The van der Waals surface area contributed by atoms with E-state index in [0.717, 1.165) is 17.3 Å². The van der Waals surface area contributed by atoms with E-state index in [-0.39, 0.29) is 11.6 Å². The van der Waals surface area contributed by atoms with Gasteiger partial charge in [-0.2, -0.15) is 0 Å². The summed E-state index contributed by atoms with van der Waals surface area (Å²) in [6.07, 6.45) is 3.04. The Hall–Kier alpha value is -1.63. The topological polar surface area (TPSA) is 92.5 Å². The van der Waals surface area contributed by atoms with Crippen LogP contribution in [0, 0.1) is 22.0 Å². The molecule has 0 atom stereocenters. The molecule has 1 aliphatic carbocycles. The molecule has 1 fully saturated rings. The third-order valence-corrected chi connectivity index (χ3v) is 4.43. The van der Waals surface area contributed by atoms with Crippen LogP contribution in [0.5, 0.6) is 0 Å². The van der Waals surface area contributed by atoms with Crippen molar-refractivity contribution in [2.45, 2.75) is 25.7 Å². The van der Waals surface area contributed by atoms with Crippen molar-refractivity contribution >= 4 is 33.3 Å². The molecule has 0 saturated heterocycles. The van der Waals surface area contributed by atoms with Gasteiger partial charge in [0.05, 0.1) is 10.8 Å². The smallest absolute Gasteiger partial charge is 0.306 e. The van der Waals surface area contributed by atoms with Gasteiger partial charge in [0.2, 0.25) is 0 Å². The van der Waals surface area contributed by atoms with Gasteiger partial charge < -0.3 is 10.4 Å². The maximum absolute atomic E-state index is 11.0. The second-order valence-corrected chi connectivity index (χ2v) is 6.27. The molecule has 2 rings (SSSR count). The van der Waals surface area contributed by atoms with E-state index < -0.39 is 10.9 Å². The molecule has 7 heteroatoms. The third-order valence-electron chi connectivity index (χ3n) is 3.93. The van der Waals surface area contributed by atoms with E-state index in [0.29, 0.717) is 31.0 Å². The highest BCUT2D eigenvalue weighted by atomic mass is 79.9. The van der Waals surface area contributed by atoms with Crippen molar-refractivity contribution in [3.63, 3.8) is 0 Å². The van der Waals surface area contributed by atoms with Crippen LogP contribution in [-0.2, 0) is 4.79 Å². The number of halogens is 1. The summed E-state index contributed by atoms with van der Waals surface area (Å²) < 4.78 is 0.783. The molecule has 1 aliphatic rings. The molecule has 0 heterocycles. The van der Waals surface area contributed by atoms with Crippen molar-refractivity contribution in [1.82, 2.24) is 0 Å². The molecule has 0 aliphatic heterocycles. The fourth-order valence-electron chi connectivity index (χ4n) is 2.68. The normalized spacial score (nSPS) is 21.8. The number of hydrogen-bond acceptors (Lipinski definition) is 4. The number of nitro benzene ring substituents is 1. The summed E-state index contributed by atoms with van der Waals surface area (Å²) in [4.78, 5) is 21.5. The third kappa shape index (κ3) is 4.17. The first-order chi connectivity index (χ1) is 9.97. The van der Waals surface area contributed by atoms with Crippen molar-refractivity contribution in [2.24, 2.45) is 11.8 Å². The Balaban J connectivity index is 1.93. The summed E-state index contributed by atoms with van der Waals surface area (Å²) in [7, 11) is 0. The molecule has 0 bridgehead atoms. The van der Waals surface area contributed by atoms with Crippen LogP contribution in [0.4, 0.5) is 11.4 Å². The highest BCUT2D eigenvalue weighted by Crippen LogP contribution is 2.31. The number of nitrogens with zero attached hydrogens (tertiary/aromatic N) is 1. The number of rotatable bonds is 5. The lowest BCUT2D eigenvalue weighted by atomic mass is 9.82. The standard InChI is InChI=1S/C14H17BrN2O4/c15-11-5-6-13(17(20)21)12(7-11)16-8-9-1-3-10(4-2-9)14(18)19/h5-7,9-10,16H,1-4,8H2,(H,18,19).